The molecule has 8 heteroatoms. The normalized spacial score (nSPS) is 15.0. The molecule has 3 rings (SSSR count). The number of hydrogen-bond acceptors (Lipinski definition) is 5. The summed E-state index contributed by atoms with van der Waals surface area (Å²) in [5.41, 5.74) is 1.56. The molecule has 1 aliphatic rings. The second kappa shape index (κ2) is 10.6. The molecule has 160 valence electrons. The van der Waals surface area contributed by atoms with Crippen LogP contribution in [-0.4, -0.2) is 53.3 Å². The Balaban J connectivity index is 1.56. The smallest absolute Gasteiger partial charge is 0.262 e. The average Bonchev–Trinajstić information content (AvgIpc) is 3.28. The standard InChI is InChI=1S/C22H27N3O3S2/c1-15(2)20(24-21(27)18-4-3-11-30-18)22(28)23-17-7-5-16(6-8-17)14-19(26)25-9-12-29-13-10-25/h3-8,11,15,20H,9-10,12-14H2,1-2H3,(H,23,28)(H,24,27). The second-order valence-corrected chi connectivity index (χ2v) is 9.70. The van der Waals surface area contributed by atoms with Gasteiger partial charge in [-0.1, -0.05) is 32.0 Å². The van der Waals surface area contributed by atoms with Gasteiger partial charge >= 0.3 is 0 Å². The van der Waals surface area contributed by atoms with Gasteiger partial charge in [-0.3, -0.25) is 14.4 Å². The summed E-state index contributed by atoms with van der Waals surface area (Å²) >= 11 is 3.22. The largest absolute Gasteiger partial charge is 0.341 e. The Morgan fingerprint density at radius 2 is 1.77 bits per heavy atom. The molecule has 1 aromatic heterocycles. The molecule has 0 radical (unpaired) electrons. The fraction of sp³-hybridized carbons (Fsp3) is 0.409. The van der Waals surface area contributed by atoms with Gasteiger partial charge in [-0.15, -0.1) is 11.3 Å². The second-order valence-electron chi connectivity index (χ2n) is 7.53. The van der Waals surface area contributed by atoms with Crippen molar-refractivity contribution in [2.24, 2.45) is 5.92 Å². The molecule has 1 aliphatic heterocycles. The van der Waals surface area contributed by atoms with Crippen LogP contribution in [-0.2, 0) is 16.0 Å². The van der Waals surface area contributed by atoms with Gasteiger partial charge in [0.2, 0.25) is 11.8 Å². The molecule has 6 nitrogen and oxygen atoms in total. The molecule has 1 aromatic carbocycles. The van der Waals surface area contributed by atoms with Crippen LogP contribution in [0.25, 0.3) is 0 Å². The van der Waals surface area contributed by atoms with Gasteiger partial charge in [0.15, 0.2) is 0 Å². The van der Waals surface area contributed by atoms with E-state index in [0.29, 0.717) is 17.0 Å². The van der Waals surface area contributed by atoms with Crippen LogP contribution in [0.1, 0.15) is 29.1 Å². The van der Waals surface area contributed by atoms with Crippen molar-refractivity contribution >= 4 is 46.5 Å². The van der Waals surface area contributed by atoms with Gasteiger partial charge in [-0.05, 0) is 35.1 Å². The molecule has 0 saturated carbocycles. The Morgan fingerprint density at radius 1 is 1.07 bits per heavy atom. The van der Waals surface area contributed by atoms with Crippen molar-refractivity contribution in [3.8, 4) is 0 Å². The Kier molecular flexibility index (Phi) is 7.93. The lowest BCUT2D eigenvalue weighted by Crippen LogP contribution is -2.46. The predicted molar refractivity (Wildman–Crippen MR) is 123 cm³/mol. The summed E-state index contributed by atoms with van der Waals surface area (Å²) in [5, 5.41) is 7.52. The first kappa shape index (κ1) is 22.4. The summed E-state index contributed by atoms with van der Waals surface area (Å²) in [4.78, 5) is 40.0. The maximum atomic E-state index is 12.7. The van der Waals surface area contributed by atoms with Crippen LogP contribution in [0.5, 0.6) is 0 Å². The van der Waals surface area contributed by atoms with Crippen molar-refractivity contribution in [2.45, 2.75) is 26.3 Å². The van der Waals surface area contributed by atoms with Gasteiger partial charge in [0.25, 0.3) is 5.91 Å². The van der Waals surface area contributed by atoms with E-state index in [1.54, 1.807) is 24.3 Å². The molecule has 2 heterocycles. The summed E-state index contributed by atoms with van der Waals surface area (Å²) < 4.78 is 0. The van der Waals surface area contributed by atoms with Crippen molar-refractivity contribution in [2.75, 3.05) is 29.9 Å². The van der Waals surface area contributed by atoms with Crippen molar-refractivity contribution in [1.82, 2.24) is 10.2 Å². The number of anilines is 1. The molecule has 3 amide bonds. The van der Waals surface area contributed by atoms with Crippen LogP contribution in [0.15, 0.2) is 41.8 Å². The fourth-order valence-electron chi connectivity index (χ4n) is 3.18. The highest BCUT2D eigenvalue weighted by atomic mass is 32.2. The van der Waals surface area contributed by atoms with Gasteiger partial charge in [-0.2, -0.15) is 11.8 Å². The number of nitrogens with zero attached hydrogens (tertiary/aromatic N) is 1. The van der Waals surface area contributed by atoms with E-state index in [1.807, 2.05) is 48.0 Å². The van der Waals surface area contributed by atoms with Crippen LogP contribution >= 0.6 is 23.1 Å². The first-order chi connectivity index (χ1) is 14.4. The Morgan fingerprint density at radius 3 is 2.37 bits per heavy atom. The van der Waals surface area contributed by atoms with Crippen molar-refractivity contribution in [3.63, 3.8) is 0 Å². The number of thioether (sulfide) groups is 1. The summed E-state index contributed by atoms with van der Waals surface area (Å²) in [6, 6.07) is 10.2. The molecule has 30 heavy (non-hydrogen) atoms. The predicted octanol–water partition coefficient (Wildman–Crippen LogP) is 3.26. The highest BCUT2D eigenvalue weighted by molar-refractivity contribution is 7.99. The van der Waals surface area contributed by atoms with E-state index < -0.39 is 6.04 Å². The third-order valence-electron chi connectivity index (χ3n) is 4.92. The number of nitrogens with one attached hydrogen (secondary N) is 2. The fourth-order valence-corrected chi connectivity index (χ4v) is 4.71. The van der Waals surface area contributed by atoms with Crippen LogP contribution in [0.2, 0.25) is 0 Å². The van der Waals surface area contributed by atoms with Gasteiger partial charge in [0.05, 0.1) is 11.3 Å². The molecule has 2 N–H and O–H groups in total. The quantitative estimate of drug-likeness (QED) is 0.686. The molecular formula is C22H27N3O3S2. The maximum absolute atomic E-state index is 12.7. The third kappa shape index (κ3) is 6.09. The number of carbonyl (C=O) groups is 3. The first-order valence-electron chi connectivity index (χ1n) is 10.0. The molecule has 0 bridgehead atoms. The van der Waals surface area contributed by atoms with Crippen molar-refractivity contribution in [1.29, 1.82) is 0 Å². The van der Waals surface area contributed by atoms with Gasteiger partial charge in [-0.25, -0.2) is 0 Å². The summed E-state index contributed by atoms with van der Waals surface area (Å²) in [6.45, 7) is 5.41. The minimum Gasteiger partial charge on any atom is -0.341 e. The Bertz CT molecular complexity index is 860. The molecule has 2 aromatic rings. The minimum atomic E-state index is -0.641. The topological polar surface area (TPSA) is 78.5 Å². The van der Waals surface area contributed by atoms with Crippen LogP contribution in [0, 0.1) is 5.92 Å². The maximum Gasteiger partial charge on any atom is 0.262 e. The minimum absolute atomic E-state index is 0.0616. The number of rotatable bonds is 7. The van der Waals surface area contributed by atoms with E-state index in [0.717, 1.165) is 30.2 Å². The van der Waals surface area contributed by atoms with Crippen LogP contribution in [0.4, 0.5) is 5.69 Å². The molecule has 0 aliphatic carbocycles. The zero-order valence-corrected chi connectivity index (χ0v) is 18.9. The number of amides is 3. The highest BCUT2D eigenvalue weighted by Gasteiger charge is 2.25. The summed E-state index contributed by atoms with van der Waals surface area (Å²) in [7, 11) is 0. The Hall–Kier alpha value is -2.32. The van der Waals surface area contributed by atoms with E-state index in [-0.39, 0.29) is 23.6 Å². The number of benzene rings is 1. The van der Waals surface area contributed by atoms with Gasteiger partial charge in [0, 0.05) is 30.3 Å². The SMILES string of the molecule is CC(C)C(NC(=O)c1cccs1)C(=O)Nc1ccc(CC(=O)N2CCSCC2)cc1. The van der Waals surface area contributed by atoms with E-state index in [9.17, 15) is 14.4 Å². The van der Waals surface area contributed by atoms with E-state index in [2.05, 4.69) is 10.6 Å². The van der Waals surface area contributed by atoms with E-state index >= 15 is 0 Å². The lowest BCUT2D eigenvalue weighted by Gasteiger charge is -2.26. The molecule has 1 unspecified atom stereocenters. The molecular weight excluding hydrogens is 418 g/mol. The highest BCUT2D eigenvalue weighted by Crippen LogP contribution is 2.16. The lowest BCUT2D eigenvalue weighted by atomic mass is 10.0. The van der Waals surface area contributed by atoms with E-state index in [4.69, 9.17) is 0 Å². The number of thiophene rings is 1. The zero-order valence-electron chi connectivity index (χ0n) is 17.2. The average molecular weight is 446 g/mol. The Labute approximate surface area is 185 Å². The number of carbonyl (C=O) groups excluding carboxylic acids is 3. The van der Waals surface area contributed by atoms with Gasteiger partial charge in [0.1, 0.15) is 6.04 Å². The summed E-state index contributed by atoms with van der Waals surface area (Å²) in [6.07, 6.45) is 0.365. The van der Waals surface area contributed by atoms with Crippen LogP contribution in [0.3, 0.4) is 0 Å². The molecule has 1 fully saturated rings. The zero-order chi connectivity index (χ0) is 21.5. The first-order valence-corrected chi connectivity index (χ1v) is 12.1. The number of hydrogen-bond donors (Lipinski definition) is 2. The molecule has 1 atom stereocenters. The monoisotopic (exact) mass is 445 g/mol. The summed E-state index contributed by atoms with van der Waals surface area (Å²) in [5.74, 6) is 1.57. The molecule has 1 saturated heterocycles. The van der Waals surface area contributed by atoms with Crippen LogP contribution < -0.4 is 10.6 Å². The molecule has 0 spiro atoms. The lowest BCUT2D eigenvalue weighted by molar-refractivity contribution is -0.130. The van der Waals surface area contributed by atoms with E-state index in [1.165, 1.54) is 11.3 Å². The van der Waals surface area contributed by atoms with Gasteiger partial charge < -0.3 is 15.5 Å². The third-order valence-corrected chi connectivity index (χ3v) is 6.73. The van der Waals surface area contributed by atoms with Crippen molar-refractivity contribution in [3.05, 3.63) is 52.2 Å². The van der Waals surface area contributed by atoms with Crippen molar-refractivity contribution < 1.29 is 14.4 Å².